The Kier molecular flexibility index (Phi) is 3.07. The van der Waals surface area contributed by atoms with Gasteiger partial charge >= 0.3 is 0 Å². The van der Waals surface area contributed by atoms with Crippen LogP contribution in [0.3, 0.4) is 0 Å². The van der Waals surface area contributed by atoms with Crippen molar-refractivity contribution in [2.24, 2.45) is 11.8 Å². The molecule has 1 saturated carbocycles. The molecule has 1 fully saturated rings. The quantitative estimate of drug-likeness (QED) is 0.763. The second kappa shape index (κ2) is 4.21. The van der Waals surface area contributed by atoms with Crippen LogP contribution in [0.4, 0.5) is 0 Å². The van der Waals surface area contributed by atoms with E-state index in [2.05, 4.69) is 32.9 Å². The van der Waals surface area contributed by atoms with Crippen molar-refractivity contribution in [2.75, 3.05) is 0 Å². The van der Waals surface area contributed by atoms with Gasteiger partial charge < -0.3 is 5.11 Å². The van der Waals surface area contributed by atoms with Gasteiger partial charge in [-0.05, 0) is 42.7 Å². The van der Waals surface area contributed by atoms with E-state index in [0.717, 1.165) is 18.4 Å². The molecule has 3 unspecified atom stereocenters. The summed E-state index contributed by atoms with van der Waals surface area (Å²) in [4.78, 5) is 0. The summed E-state index contributed by atoms with van der Waals surface area (Å²) in [5, 5.41) is 11.0. The highest BCUT2D eigenvalue weighted by molar-refractivity contribution is 5.32. The van der Waals surface area contributed by atoms with Crippen LogP contribution in [0, 0.1) is 18.8 Å². The van der Waals surface area contributed by atoms with Crippen molar-refractivity contribution in [1.29, 1.82) is 0 Å². The van der Waals surface area contributed by atoms with Crippen molar-refractivity contribution in [3.63, 3.8) is 0 Å². The number of hydrogen-bond donors (Lipinski definition) is 1. The Labute approximate surface area is 98.5 Å². The Balaban J connectivity index is 2.41. The van der Waals surface area contributed by atoms with Crippen molar-refractivity contribution < 1.29 is 5.11 Å². The van der Waals surface area contributed by atoms with Gasteiger partial charge in [0.15, 0.2) is 0 Å². The van der Waals surface area contributed by atoms with Gasteiger partial charge in [0.1, 0.15) is 0 Å². The van der Waals surface area contributed by atoms with Crippen LogP contribution in [0.15, 0.2) is 24.3 Å². The van der Waals surface area contributed by atoms with Gasteiger partial charge in [0.2, 0.25) is 0 Å². The molecule has 1 nitrogen and oxygen atoms in total. The molecule has 0 aliphatic heterocycles. The summed E-state index contributed by atoms with van der Waals surface area (Å²) in [6.45, 7) is 6.54. The third-order valence-corrected chi connectivity index (χ3v) is 4.44. The summed E-state index contributed by atoms with van der Waals surface area (Å²) >= 11 is 0. The molecule has 1 aromatic rings. The molecule has 1 N–H and O–H groups in total. The van der Waals surface area contributed by atoms with Crippen molar-refractivity contribution in [3.8, 4) is 0 Å². The number of aryl methyl sites for hydroxylation is 1. The number of benzene rings is 1. The zero-order valence-corrected chi connectivity index (χ0v) is 10.5. The minimum Gasteiger partial charge on any atom is -0.385 e. The molecule has 0 saturated heterocycles. The maximum absolute atomic E-state index is 11.0. The molecule has 0 amide bonds. The molecule has 0 heterocycles. The first kappa shape index (κ1) is 11.7. The number of aliphatic hydroxyl groups is 1. The maximum atomic E-state index is 11.0. The smallest absolute Gasteiger partial charge is 0.0927 e. The van der Waals surface area contributed by atoms with Gasteiger partial charge in [-0.25, -0.2) is 0 Å². The third kappa shape index (κ3) is 1.78. The van der Waals surface area contributed by atoms with E-state index in [1.165, 1.54) is 12.0 Å². The molecule has 0 radical (unpaired) electrons. The fourth-order valence-corrected chi connectivity index (χ4v) is 3.08. The molecule has 3 atom stereocenters. The molecule has 2 rings (SSSR count). The zero-order chi connectivity index (χ0) is 11.8. The second-order valence-corrected chi connectivity index (χ2v) is 5.40. The van der Waals surface area contributed by atoms with Crippen LogP contribution < -0.4 is 0 Å². The minimum absolute atomic E-state index is 0.349. The fraction of sp³-hybridized carbons (Fsp3) is 0.600. The average Bonchev–Trinajstić information content (AvgIpc) is 2.26. The Hall–Kier alpha value is -0.820. The molecular formula is C15H22O. The Morgan fingerprint density at radius 2 is 1.94 bits per heavy atom. The number of rotatable bonds is 1. The monoisotopic (exact) mass is 218 g/mol. The van der Waals surface area contributed by atoms with Gasteiger partial charge in [-0.3, -0.25) is 0 Å². The van der Waals surface area contributed by atoms with Crippen LogP contribution in [-0.4, -0.2) is 5.11 Å². The van der Waals surface area contributed by atoms with E-state index in [1.807, 2.05) is 12.1 Å². The van der Waals surface area contributed by atoms with Crippen molar-refractivity contribution >= 4 is 0 Å². The zero-order valence-electron chi connectivity index (χ0n) is 10.5. The van der Waals surface area contributed by atoms with Crippen LogP contribution in [0.2, 0.25) is 0 Å². The van der Waals surface area contributed by atoms with Gasteiger partial charge in [-0.1, -0.05) is 44.5 Å². The van der Waals surface area contributed by atoms with Crippen molar-refractivity contribution in [3.05, 3.63) is 35.4 Å². The normalized spacial score (nSPS) is 35.0. The van der Waals surface area contributed by atoms with E-state index in [0.29, 0.717) is 11.8 Å². The Morgan fingerprint density at radius 3 is 2.62 bits per heavy atom. The van der Waals surface area contributed by atoms with E-state index in [-0.39, 0.29) is 0 Å². The second-order valence-electron chi connectivity index (χ2n) is 5.40. The first-order valence-corrected chi connectivity index (χ1v) is 6.34. The summed E-state index contributed by atoms with van der Waals surface area (Å²) in [6.07, 6.45) is 3.29. The molecule has 0 spiro atoms. The average molecular weight is 218 g/mol. The van der Waals surface area contributed by atoms with E-state index in [4.69, 9.17) is 0 Å². The SMILES string of the molecule is Cc1ccccc1C1(O)CCCC(C)C1C. The van der Waals surface area contributed by atoms with Gasteiger partial charge in [0.25, 0.3) is 0 Å². The van der Waals surface area contributed by atoms with E-state index in [1.54, 1.807) is 0 Å². The summed E-state index contributed by atoms with van der Waals surface area (Å²) in [7, 11) is 0. The summed E-state index contributed by atoms with van der Waals surface area (Å²) in [5.74, 6) is 0.959. The minimum atomic E-state index is -0.608. The highest BCUT2D eigenvalue weighted by atomic mass is 16.3. The standard InChI is InChI=1S/C15H22O/c1-11-8-6-10-15(16,13(11)3)14-9-5-4-7-12(14)2/h4-5,7,9,11,13,16H,6,8,10H2,1-3H3. The molecule has 0 bridgehead atoms. The van der Waals surface area contributed by atoms with Gasteiger partial charge in [-0.2, -0.15) is 0 Å². The molecular weight excluding hydrogens is 196 g/mol. The lowest BCUT2D eigenvalue weighted by molar-refractivity contribution is -0.0692. The molecule has 16 heavy (non-hydrogen) atoms. The van der Waals surface area contributed by atoms with Crippen molar-refractivity contribution in [1.82, 2.24) is 0 Å². The number of hydrogen-bond acceptors (Lipinski definition) is 1. The first-order chi connectivity index (χ1) is 7.55. The summed E-state index contributed by atoms with van der Waals surface area (Å²) < 4.78 is 0. The Bertz CT molecular complexity index is 371. The first-order valence-electron chi connectivity index (χ1n) is 6.34. The van der Waals surface area contributed by atoms with Crippen LogP contribution in [0.25, 0.3) is 0 Å². The van der Waals surface area contributed by atoms with E-state index < -0.39 is 5.60 Å². The molecule has 0 aromatic heterocycles. The topological polar surface area (TPSA) is 20.2 Å². The van der Waals surface area contributed by atoms with Crippen LogP contribution in [0.5, 0.6) is 0 Å². The molecule has 1 aliphatic rings. The lowest BCUT2D eigenvalue weighted by atomic mass is 9.67. The predicted octanol–water partition coefficient (Wildman–Crippen LogP) is 3.64. The van der Waals surface area contributed by atoms with Crippen molar-refractivity contribution in [2.45, 2.75) is 45.6 Å². The largest absolute Gasteiger partial charge is 0.385 e. The molecule has 1 heteroatoms. The third-order valence-electron chi connectivity index (χ3n) is 4.44. The van der Waals surface area contributed by atoms with Crippen LogP contribution in [-0.2, 0) is 5.60 Å². The Morgan fingerprint density at radius 1 is 1.25 bits per heavy atom. The summed E-state index contributed by atoms with van der Waals surface area (Å²) in [6, 6.07) is 8.26. The fourth-order valence-electron chi connectivity index (χ4n) is 3.08. The van der Waals surface area contributed by atoms with Crippen LogP contribution in [0.1, 0.15) is 44.2 Å². The predicted molar refractivity (Wildman–Crippen MR) is 67.3 cm³/mol. The van der Waals surface area contributed by atoms with E-state index >= 15 is 0 Å². The van der Waals surface area contributed by atoms with Gasteiger partial charge in [0.05, 0.1) is 5.60 Å². The lowest BCUT2D eigenvalue weighted by Gasteiger charge is -2.43. The highest BCUT2D eigenvalue weighted by Crippen LogP contribution is 2.45. The van der Waals surface area contributed by atoms with Crippen LogP contribution >= 0.6 is 0 Å². The van der Waals surface area contributed by atoms with Gasteiger partial charge in [0, 0.05) is 0 Å². The van der Waals surface area contributed by atoms with Gasteiger partial charge in [-0.15, -0.1) is 0 Å². The lowest BCUT2D eigenvalue weighted by Crippen LogP contribution is -2.40. The molecule has 88 valence electrons. The molecule has 1 aromatic carbocycles. The summed E-state index contributed by atoms with van der Waals surface area (Å²) in [5.41, 5.74) is 1.74. The maximum Gasteiger partial charge on any atom is 0.0927 e. The molecule has 1 aliphatic carbocycles. The highest BCUT2D eigenvalue weighted by Gasteiger charge is 2.41. The van der Waals surface area contributed by atoms with E-state index in [9.17, 15) is 5.11 Å².